The first-order valence-electron chi connectivity index (χ1n) is 6.26. The molecule has 6 heteroatoms. The van der Waals surface area contributed by atoms with Gasteiger partial charge < -0.3 is 10.0 Å². The summed E-state index contributed by atoms with van der Waals surface area (Å²) in [5.74, 6) is -0.841. The number of halogens is 1. The van der Waals surface area contributed by atoms with E-state index in [1.165, 1.54) is 11.3 Å². The molecule has 1 aliphatic heterocycles. The molecule has 0 aliphatic carbocycles. The number of thiophene rings is 1. The van der Waals surface area contributed by atoms with E-state index in [1.54, 1.807) is 11.0 Å². The van der Waals surface area contributed by atoms with Gasteiger partial charge in [0.2, 0.25) is 0 Å². The highest BCUT2D eigenvalue weighted by molar-refractivity contribution is 9.11. The molecule has 0 saturated carbocycles. The number of hydrogen-bond donors (Lipinski definition) is 1. The second-order valence-electron chi connectivity index (χ2n) is 4.92. The summed E-state index contributed by atoms with van der Waals surface area (Å²) in [5, 5.41) is 9.43. The number of rotatable bonds is 4. The molecule has 1 amide bonds. The second-order valence-corrected chi connectivity index (χ2v) is 7.38. The highest BCUT2D eigenvalue weighted by Gasteiger charge is 2.45. The third kappa shape index (κ3) is 2.84. The highest BCUT2D eigenvalue weighted by Crippen LogP contribution is 2.36. The van der Waals surface area contributed by atoms with Gasteiger partial charge in [-0.1, -0.05) is 13.3 Å². The topological polar surface area (TPSA) is 57.6 Å². The number of carboxylic acid groups (broad SMARTS) is 1. The van der Waals surface area contributed by atoms with Crippen LogP contribution in [0.3, 0.4) is 0 Å². The van der Waals surface area contributed by atoms with Gasteiger partial charge in [-0.05, 0) is 40.9 Å². The molecule has 1 aromatic heterocycles. The van der Waals surface area contributed by atoms with Crippen LogP contribution in [0, 0.1) is 5.41 Å². The van der Waals surface area contributed by atoms with Gasteiger partial charge in [0.05, 0.1) is 14.1 Å². The molecule has 1 aromatic rings. The number of carbonyl (C=O) groups excluding carboxylic acids is 1. The smallest absolute Gasteiger partial charge is 0.311 e. The predicted octanol–water partition coefficient (Wildman–Crippen LogP) is 3.23. The van der Waals surface area contributed by atoms with Crippen molar-refractivity contribution in [1.82, 2.24) is 4.90 Å². The molecule has 1 saturated heterocycles. The maximum atomic E-state index is 12.3. The summed E-state index contributed by atoms with van der Waals surface area (Å²) < 4.78 is 0.910. The number of hydrogen-bond acceptors (Lipinski definition) is 3. The summed E-state index contributed by atoms with van der Waals surface area (Å²) in [6, 6.07) is 3.61. The summed E-state index contributed by atoms with van der Waals surface area (Å²) in [6.45, 7) is 2.83. The van der Waals surface area contributed by atoms with Crippen molar-refractivity contribution in [2.75, 3.05) is 13.1 Å². The first-order chi connectivity index (χ1) is 8.98. The van der Waals surface area contributed by atoms with Gasteiger partial charge in [0, 0.05) is 13.1 Å². The minimum Gasteiger partial charge on any atom is -0.481 e. The Morgan fingerprint density at radius 1 is 1.53 bits per heavy atom. The zero-order valence-electron chi connectivity index (χ0n) is 10.7. The Bertz CT molecular complexity index is 502. The molecule has 2 heterocycles. The molecule has 1 fully saturated rings. The lowest BCUT2D eigenvalue weighted by molar-refractivity contribution is -0.148. The number of likely N-dealkylation sites (tertiary alicyclic amines) is 1. The minimum absolute atomic E-state index is 0.0603. The Kier molecular flexibility index (Phi) is 4.30. The molecule has 1 atom stereocenters. The largest absolute Gasteiger partial charge is 0.481 e. The molecule has 19 heavy (non-hydrogen) atoms. The Morgan fingerprint density at radius 3 is 2.79 bits per heavy atom. The van der Waals surface area contributed by atoms with Crippen LogP contribution < -0.4 is 0 Å². The Morgan fingerprint density at radius 2 is 2.26 bits per heavy atom. The molecule has 2 rings (SSSR count). The van der Waals surface area contributed by atoms with E-state index in [9.17, 15) is 14.7 Å². The van der Waals surface area contributed by atoms with Crippen molar-refractivity contribution in [2.24, 2.45) is 5.41 Å². The number of aliphatic carboxylic acids is 1. The Balaban J connectivity index is 2.13. The summed E-state index contributed by atoms with van der Waals surface area (Å²) in [6.07, 6.45) is 1.99. The van der Waals surface area contributed by atoms with Crippen molar-refractivity contribution in [2.45, 2.75) is 26.2 Å². The molecule has 0 spiro atoms. The molecule has 4 nitrogen and oxygen atoms in total. The van der Waals surface area contributed by atoms with Gasteiger partial charge in [0.1, 0.15) is 0 Å². The van der Waals surface area contributed by atoms with E-state index in [0.717, 1.165) is 10.2 Å². The lowest BCUT2D eigenvalue weighted by Gasteiger charge is -2.23. The van der Waals surface area contributed by atoms with Crippen LogP contribution in [-0.2, 0) is 4.79 Å². The van der Waals surface area contributed by atoms with Crippen LogP contribution >= 0.6 is 27.3 Å². The van der Waals surface area contributed by atoms with E-state index < -0.39 is 11.4 Å². The van der Waals surface area contributed by atoms with Crippen LogP contribution in [-0.4, -0.2) is 35.0 Å². The fourth-order valence-corrected chi connectivity index (χ4v) is 3.95. The quantitative estimate of drug-likeness (QED) is 0.911. The van der Waals surface area contributed by atoms with E-state index in [4.69, 9.17) is 0 Å². The lowest BCUT2D eigenvalue weighted by atomic mass is 9.83. The normalized spacial score (nSPS) is 22.7. The van der Waals surface area contributed by atoms with Crippen LogP contribution in [0.1, 0.15) is 35.9 Å². The van der Waals surface area contributed by atoms with Crippen LogP contribution in [0.15, 0.2) is 15.9 Å². The van der Waals surface area contributed by atoms with Crippen LogP contribution in [0.2, 0.25) is 0 Å². The fraction of sp³-hybridized carbons (Fsp3) is 0.538. The third-order valence-electron chi connectivity index (χ3n) is 3.61. The number of carbonyl (C=O) groups is 2. The van der Waals surface area contributed by atoms with E-state index in [-0.39, 0.29) is 5.91 Å². The van der Waals surface area contributed by atoms with Gasteiger partial charge in [-0.15, -0.1) is 11.3 Å². The molecule has 0 radical (unpaired) electrons. The molecule has 0 aromatic carbocycles. The first-order valence-corrected chi connectivity index (χ1v) is 7.87. The van der Waals surface area contributed by atoms with Crippen LogP contribution in [0.25, 0.3) is 0 Å². The maximum absolute atomic E-state index is 12.3. The number of amides is 1. The average Bonchev–Trinajstić information content (AvgIpc) is 2.96. The van der Waals surface area contributed by atoms with Gasteiger partial charge >= 0.3 is 5.97 Å². The zero-order chi connectivity index (χ0) is 14.0. The Hall–Kier alpha value is -0.880. The maximum Gasteiger partial charge on any atom is 0.311 e. The average molecular weight is 346 g/mol. The van der Waals surface area contributed by atoms with E-state index in [2.05, 4.69) is 15.9 Å². The van der Waals surface area contributed by atoms with Crippen molar-refractivity contribution >= 4 is 39.1 Å². The molecule has 0 bridgehead atoms. The fourth-order valence-electron chi connectivity index (χ4n) is 2.59. The lowest BCUT2D eigenvalue weighted by Crippen LogP contribution is -2.36. The predicted molar refractivity (Wildman–Crippen MR) is 77.5 cm³/mol. The third-order valence-corrected chi connectivity index (χ3v) is 5.22. The number of carboxylic acids is 1. The summed E-state index contributed by atoms with van der Waals surface area (Å²) in [5.41, 5.74) is -0.751. The SMILES string of the molecule is CCCC1(C(=O)O)CCN(C(=O)c2ccc(Br)s2)C1. The van der Waals surface area contributed by atoms with Crippen molar-refractivity contribution < 1.29 is 14.7 Å². The molecule has 104 valence electrons. The van der Waals surface area contributed by atoms with Crippen LogP contribution in [0.4, 0.5) is 0 Å². The van der Waals surface area contributed by atoms with Crippen molar-refractivity contribution in [1.29, 1.82) is 0 Å². The van der Waals surface area contributed by atoms with Crippen molar-refractivity contribution in [3.8, 4) is 0 Å². The zero-order valence-corrected chi connectivity index (χ0v) is 13.1. The molecule has 1 unspecified atom stereocenters. The monoisotopic (exact) mass is 345 g/mol. The first kappa shape index (κ1) is 14.5. The molecule has 1 N–H and O–H groups in total. The summed E-state index contributed by atoms with van der Waals surface area (Å²) in [4.78, 5) is 26.1. The Labute approximate surface area is 124 Å². The van der Waals surface area contributed by atoms with Gasteiger partial charge in [0.15, 0.2) is 0 Å². The summed E-state index contributed by atoms with van der Waals surface area (Å²) >= 11 is 4.72. The van der Waals surface area contributed by atoms with Crippen LogP contribution in [0.5, 0.6) is 0 Å². The molecule has 1 aliphatic rings. The molecular weight excluding hydrogens is 330 g/mol. The summed E-state index contributed by atoms with van der Waals surface area (Å²) in [7, 11) is 0. The van der Waals surface area contributed by atoms with E-state index in [0.29, 0.717) is 30.8 Å². The van der Waals surface area contributed by atoms with Gasteiger partial charge in [0.25, 0.3) is 5.91 Å². The van der Waals surface area contributed by atoms with Gasteiger partial charge in [-0.25, -0.2) is 0 Å². The van der Waals surface area contributed by atoms with Crippen molar-refractivity contribution in [3.05, 3.63) is 20.8 Å². The van der Waals surface area contributed by atoms with Crippen molar-refractivity contribution in [3.63, 3.8) is 0 Å². The van der Waals surface area contributed by atoms with E-state index in [1.807, 2.05) is 13.0 Å². The van der Waals surface area contributed by atoms with Gasteiger partial charge in [-0.3, -0.25) is 9.59 Å². The second kappa shape index (κ2) is 5.63. The standard InChI is InChI=1S/C13H16BrNO3S/c1-2-5-13(12(17)18)6-7-15(8-13)11(16)9-3-4-10(14)19-9/h3-4H,2,5-8H2,1H3,(H,17,18). The van der Waals surface area contributed by atoms with Gasteiger partial charge in [-0.2, -0.15) is 0 Å². The highest BCUT2D eigenvalue weighted by atomic mass is 79.9. The number of nitrogens with zero attached hydrogens (tertiary/aromatic N) is 1. The molecular formula is C13H16BrNO3S. The van der Waals surface area contributed by atoms with E-state index >= 15 is 0 Å². The minimum atomic E-state index is -0.781.